The monoisotopic (exact) mass is 315 g/mol. The highest BCUT2D eigenvalue weighted by Crippen LogP contribution is 2.15. The van der Waals surface area contributed by atoms with Crippen molar-refractivity contribution in [2.75, 3.05) is 20.3 Å². The summed E-state index contributed by atoms with van der Waals surface area (Å²) in [5, 5.41) is 7.11. The number of amides is 1. The Kier molecular flexibility index (Phi) is 6.05. The van der Waals surface area contributed by atoms with Gasteiger partial charge in [0, 0.05) is 31.8 Å². The Morgan fingerprint density at radius 2 is 1.96 bits per heavy atom. The van der Waals surface area contributed by atoms with Gasteiger partial charge in [0.05, 0.1) is 5.69 Å². The molecule has 6 nitrogen and oxygen atoms in total. The highest BCUT2D eigenvalue weighted by atomic mass is 16.5. The van der Waals surface area contributed by atoms with Gasteiger partial charge in [0.2, 0.25) is 5.91 Å². The number of methoxy groups -OCH3 is 1. The maximum Gasteiger partial charge on any atom is 0.266 e. The molecule has 0 aliphatic carbocycles. The lowest BCUT2D eigenvalue weighted by atomic mass is 10.1. The molecular weight excluding hydrogens is 294 g/mol. The zero-order valence-electron chi connectivity index (χ0n) is 13.4. The van der Waals surface area contributed by atoms with Crippen molar-refractivity contribution in [2.24, 2.45) is 0 Å². The fourth-order valence-corrected chi connectivity index (χ4v) is 2.13. The molecule has 6 heteroatoms. The van der Waals surface area contributed by atoms with E-state index in [1.54, 1.807) is 6.07 Å². The van der Waals surface area contributed by atoms with E-state index < -0.39 is 0 Å². The third kappa shape index (κ3) is 5.03. The number of carbonyl (C=O) groups is 1. The molecule has 0 radical (unpaired) electrons. The van der Waals surface area contributed by atoms with E-state index in [-0.39, 0.29) is 18.1 Å². The van der Waals surface area contributed by atoms with Crippen molar-refractivity contribution in [2.45, 2.75) is 19.9 Å². The second-order valence-electron chi connectivity index (χ2n) is 5.28. The second kappa shape index (κ2) is 8.24. The zero-order chi connectivity index (χ0) is 16.7. The van der Waals surface area contributed by atoms with Gasteiger partial charge in [-0.2, -0.15) is 5.10 Å². The quantitative estimate of drug-likeness (QED) is 0.783. The Bertz CT molecular complexity index is 708. The molecule has 0 atom stereocenters. The van der Waals surface area contributed by atoms with E-state index in [1.807, 2.05) is 31.2 Å². The lowest BCUT2D eigenvalue weighted by Gasteiger charge is -2.08. The fourth-order valence-electron chi connectivity index (χ4n) is 2.13. The summed E-state index contributed by atoms with van der Waals surface area (Å²) in [6.45, 7) is 2.99. The molecule has 0 spiro atoms. The number of carbonyl (C=O) groups excluding carboxylic acids is 1. The van der Waals surface area contributed by atoms with Gasteiger partial charge in [-0.05, 0) is 19.4 Å². The van der Waals surface area contributed by atoms with E-state index in [2.05, 4.69) is 10.4 Å². The summed E-state index contributed by atoms with van der Waals surface area (Å²) in [6.07, 6.45) is 0.625. The van der Waals surface area contributed by atoms with Crippen LogP contribution in [0.2, 0.25) is 0 Å². The van der Waals surface area contributed by atoms with Gasteiger partial charge in [-0.15, -0.1) is 0 Å². The van der Waals surface area contributed by atoms with E-state index in [4.69, 9.17) is 4.74 Å². The van der Waals surface area contributed by atoms with Crippen LogP contribution >= 0.6 is 0 Å². The summed E-state index contributed by atoms with van der Waals surface area (Å²) in [5.41, 5.74) is 2.75. The molecule has 122 valence electrons. The van der Waals surface area contributed by atoms with Gasteiger partial charge < -0.3 is 10.1 Å². The van der Waals surface area contributed by atoms with Crippen molar-refractivity contribution >= 4 is 5.91 Å². The van der Waals surface area contributed by atoms with Gasteiger partial charge in [0.25, 0.3) is 5.56 Å². The van der Waals surface area contributed by atoms with Crippen LogP contribution in [0.5, 0.6) is 0 Å². The molecule has 0 unspecified atom stereocenters. The molecule has 0 saturated heterocycles. The largest absolute Gasteiger partial charge is 0.375 e. The van der Waals surface area contributed by atoms with Crippen molar-refractivity contribution in [3.05, 3.63) is 52.3 Å². The number of ether oxygens (including phenoxy) is 1. The Labute approximate surface area is 135 Å². The van der Waals surface area contributed by atoms with Crippen LogP contribution in [0.4, 0.5) is 0 Å². The predicted octanol–water partition coefficient (Wildman–Crippen LogP) is 1.37. The van der Waals surface area contributed by atoms with Crippen molar-refractivity contribution in [3.63, 3.8) is 0 Å². The van der Waals surface area contributed by atoms with Gasteiger partial charge in [0.1, 0.15) is 6.61 Å². The van der Waals surface area contributed by atoms with Gasteiger partial charge >= 0.3 is 0 Å². The van der Waals surface area contributed by atoms with Crippen LogP contribution in [-0.4, -0.2) is 35.9 Å². The number of nitrogens with one attached hydrogen (secondary N) is 1. The van der Waals surface area contributed by atoms with Crippen LogP contribution in [0.15, 0.2) is 41.2 Å². The van der Waals surface area contributed by atoms with Gasteiger partial charge in [0.15, 0.2) is 0 Å². The van der Waals surface area contributed by atoms with Crippen LogP contribution in [0.25, 0.3) is 11.3 Å². The molecule has 1 aromatic heterocycles. The Balaban J connectivity index is 1.99. The summed E-state index contributed by atoms with van der Waals surface area (Å²) in [6, 6.07) is 11.2. The first-order valence-electron chi connectivity index (χ1n) is 7.51. The zero-order valence-corrected chi connectivity index (χ0v) is 13.4. The Morgan fingerprint density at radius 3 is 2.65 bits per heavy atom. The Morgan fingerprint density at radius 1 is 1.22 bits per heavy atom. The van der Waals surface area contributed by atoms with E-state index in [9.17, 15) is 9.59 Å². The fraction of sp³-hybridized carbons (Fsp3) is 0.353. The molecule has 0 aliphatic heterocycles. The van der Waals surface area contributed by atoms with E-state index in [0.717, 1.165) is 11.3 Å². The molecule has 0 aliphatic rings. The average Bonchev–Trinajstić information content (AvgIpc) is 2.54. The maximum atomic E-state index is 11.9. The van der Waals surface area contributed by atoms with Crippen molar-refractivity contribution in [1.82, 2.24) is 15.1 Å². The highest BCUT2D eigenvalue weighted by molar-refractivity contribution is 5.77. The lowest BCUT2D eigenvalue weighted by molar-refractivity contribution is -0.124. The number of aromatic nitrogens is 2. The molecular formula is C17H21N3O3. The third-order valence-electron chi connectivity index (χ3n) is 3.36. The number of benzene rings is 1. The number of hydrogen-bond donors (Lipinski definition) is 1. The van der Waals surface area contributed by atoms with Crippen LogP contribution in [0.1, 0.15) is 12.0 Å². The van der Waals surface area contributed by atoms with Crippen molar-refractivity contribution in [3.8, 4) is 11.3 Å². The highest BCUT2D eigenvalue weighted by Gasteiger charge is 2.04. The van der Waals surface area contributed by atoms with Crippen LogP contribution < -0.4 is 10.9 Å². The molecule has 0 saturated carbocycles. The minimum Gasteiger partial charge on any atom is -0.375 e. The average molecular weight is 315 g/mol. The first kappa shape index (κ1) is 16.9. The molecule has 1 amide bonds. The van der Waals surface area contributed by atoms with Crippen LogP contribution in [-0.2, 0) is 16.1 Å². The van der Waals surface area contributed by atoms with E-state index in [0.29, 0.717) is 19.5 Å². The summed E-state index contributed by atoms with van der Waals surface area (Å²) in [4.78, 5) is 23.1. The van der Waals surface area contributed by atoms with Gasteiger partial charge in [-0.25, -0.2) is 4.68 Å². The molecule has 0 fully saturated rings. The number of hydrogen-bond acceptors (Lipinski definition) is 4. The minimum atomic E-state index is -0.166. The maximum absolute atomic E-state index is 11.9. The molecule has 1 N–H and O–H groups in total. The second-order valence-corrected chi connectivity index (χ2v) is 5.28. The topological polar surface area (TPSA) is 73.2 Å². The smallest absolute Gasteiger partial charge is 0.266 e. The van der Waals surface area contributed by atoms with Crippen molar-refractivity contribution < 1.29 is 9.53 Å². The van der Waals surface area contributed by atoms with Gasteiger partial charge in [-0.1, -0.05) is 29.8 Å². The lowest BCUT2D eigenvalue weighted by Crippen LogP contribution is -2.30. The molecule has 23 heavy (non-hydrogen) atoms. The molecule has 1 aromatic carbocycles. The standard InChI is InChI=1S/C17H21N3O3/c1-13-4-6-14(7-5-13)15-8-9-17(22)20(19-15)11-3-10-18-16(21)12-23-2/h4-9H,3,10-12H2,1-2H3,(H,18,21). The summed E-state index contributed by atoms with van der Waals surface area (Å²) in [7, 11) is 1.47. The number of nitrogens with zero attached hydrogens (tertiary/aromatic N) is 2. The molecule has 0 bridgehead atoms. The predicted molar refractivity (Wildman–Crippen MR) is 88.2 cm³/mol. The summed E-state index contributed by atoms with van der Waals surface area (Å²) >= 11 is 0. The number of aryl methyl sites for hydroxylation is 2. The van der Waals surface area contributed by atoms with E-state index in [1.165, 1.54) is 23.4 Å². The van der Waals surface area contributed by atoms with Crippen LogP contribution in [0, 0.1) is 6.92 Å². The molecule has 2 aromatic rings. The first-order valence-corrected chi connectivity index (χ1v) is 7.51. The third-order valence-corrected chi connectivity index (χ3v) is 3.36. The van der Waals surface area contributed by atoms with Crippen molar-refractivity contribution in [1.29, 1.82) is 0 Å². The van der Waals surface area contributed by atoms with Gasteiger partial charge in [-0.3, -0.25) is 9.59 Å². The first-order chi connectivity index (χ1) is 11.1. The molecule has 2 rings (SSSR count). The summed E-state index contributed by atoms with van der Waals surface area (Å²) < 4.78 is 6.16. The Hall–Kier alpha value is -2.47. The molecule has 1 heterocycles. The minimum absolute atomic E-state index is 0.0428. The normalized spacial score (nSPS) is 10.5. The summed E-state index contributed by atoms with van der Waals surface area (Å²) in [5.74, 6) is -0.166. The SMILES string of the molecule is COCC(=O)NCCCn1nc(-c2ccc(C)cc2)ccc1=O. The van der Waals surface area contributed by atoms with Crippen LogP contribution in [0.3, 0.4) is 0 Å². The number of rotatable bonds is 7. The van der Waals surface area contributed by atoms with E-state index >= 15 is 0 Å².